The number of carbonyl (C=O) groups is 1. The topological polar surface area (TPSA) is 58.1 Å². The van der Waals surface area contributed by atoms with Gasteiger partial charge in [0.05, 0.1) is 24.8 Å². The maximum Gasteiger partial charge on any atom is 0.416 e. The van der Waals surface area contributed by atoms with E-state index >= 15 is 0 Å². The predicted molar refractivity (Wildman–Crippen MR) is 164 cm³/mol. The Kier molecular flexibility index (Phi) is 9.28. The van der Waals surface area contributed by atoms with Gasteiger partial charge in [0.25, 0.3) is 5.91 Å². The van der Waals surface area contributed by atoms with Gasteiger partial charge in [-0.2, -0.15) is 31.3 Å². The molecule has 0 radical (unpaired) electrons. The highest BCUT2D eigenvalue weighted by Gasteiger charge is 2.38. The highest BCUT2D eigenvalue weighted by molar-refractivity contribution is 6.04. The summed E-state index contributed by atoms with van der Waals surface area (Å²) in [6.45, 7) is 3.47. The van der Waals surface area contributed by atoms with E-state index in [4.69, 9.17) is 14.5 Å². The monoisotopic (exact) mass is 662 g/mol. The van der Waals surface area contributed by atoms with Gasteiger partial charge in [0, 0.05) is 43.3 Å². The number of nitrogens with zero attached hydrogens (tertiary/aromatic N) is 4. The molecule has 0 saturated carbocycles. The van der Waals surface area contributed by atoms with E-state index in [9.17, 15) is 31.1 Å². The first-order valence-electron chi connectivity index (χ1n) is 15.8. The molecule has 3 aliphatic heterocycles. The van der Waals surface area contributed by atoms with Crippen LogP contribution in [-0.2, 0) is 18.9 Å². The van der Waals surface area contributed by atoms with Crippen molar-refractivity contribution in [1.82, 2.24) is 14.8 Å². The van der Waals surface area contributed by atoms with Crippen LogP contribution in [0.2, 0.25) is 0 Å². The lowest BCUT2D eigenvalue weighted by Gasteiger charge is -2.37. The summed E-state index contributed by atoms with van der Waals surface area (Å²) in [5, 5.41) is 0. The summed E-state index contributed by atoms with van der Waals surface area (Å²) in [5.41, 5.74) is -2.03. The van der Waals surface area contributed by atoms with Gasteiger partial charge in [0.15, 0.2) is 0 Å². The van der Waals surface area contributed by atoms with Crippen LogP contribution in [0.3, 0.4) is 0 Å². The average molecular weight is 663 g/mol. The van der Waals surface area contributed by atoms with Gasteiger partial charge in [-0.15, -0.1) is 0 Å². The van der Waals surface area contributed by atoms with Gasteiger partial charge < -0.3 is 24.2 Å². The number of hydrogen-bond donors (Lipinski definition) is 0. The van der Waals surface area contributed by atoms with Crippen LogP contribution in [0.25, 0.3) is 11.1 Å². The number of para-hydroxylation sites is 1. The average Bonchev–Trinajstić information content (AvgIpc) is 3.59. The van der Waals surface area contributed by atoms with Crippen LogP contribution >= 0.6 is 0 Å². The fourth-order valence-electron chi connectivity index (χ4n) is 6.79. The smallest absolute Gasteiger partial charge is 0.416 e. The zero-order chi connectivity index (χ0) is 33.3. The minimum absolute atomic E-state index is 0.0486. The lowest BCUT2D eigenvalue weighted by molar-refractivity contribution is -0.143. The van der Waals surface area contributed by atoms with E-state index in [0.717, 1.165) is 39.0 Å². The number of hydrogen-bond acceptors (Lipinski definition) is 6. The van der Waals surface area contributed by atoms with E-state index in [2.05, 4.69) is 9.80 Å². The Balaban J connectivity index is 1.39. The van der Waals surface area contributed by atoms with Crippen LogP contribution in [0.5, 0.6) is 11.6 Å². The molecule has 6 rings (SSSR count). The van der Waals surface area contributed by atoms with Crippen molar-refractivity contribution < 1.29 is 40.6 Å². The number of halogens is 6. The molecule has 252 valence electrons. The van der Waals surface area contributed by atoms with E-state index in [1.165, 1.54) is 24.9 Å². The van der Waals surface area contributed by atoms with Gasteiger partial charge in [-0.25, -0.2) is 0 Å². The molecule has 2 fully saturated rings. The largest absolute Gasteiger partial charge is 0.496 e. The highest BCUT2D eigenvalue weighted by Crippen LogP contribution is 2.41. The molecule has 13 heteroatoms. The van der Waals surface area contributed by atoms with E-state index in [1.807, 2.05) is 0 Å². The molecule has 2 aromatic carbocycles. The minimum Gasteiger partial charge on any atom is -0.496 e. The fourth-order valence-corrected chi connectivity index (χ4v) is 6.79. The number of likely N-dealkylation sites (tertiary alicyclic amines) is 1. The van der Waals surface area contributed by atoms with Crippen molar-refractivity contribution in [2.45, 2.75) is 57.0 Å². The van der Waals surface area contributed by atoms with Gasteiger partial charge >= 0.3 is 12.4 Å². The number of ether oxygens (including phenoxy) is 2. The first kappa shape index (κ1) is 32.9. The molecule has 0 spiro atoms. The maximum absolute atomic E-state index is 14.3. The molecule has 4 heterocycles. The molecule has 3 aliphatic rings. The standard InChI is InChI=1S/C34H36F6N4O3/c1-46-28-8-3-2-7-26(28)27-20-29(43-14-9-25(10-15-43)42-11-4-5-12-42)41-31-30(27)32(45)44(13-6-16-47-31)21-22-17-23(33(35,36)37)19-24(18-22)34(38,39)40/h2-3,7-8,17-20,25H,4-6,9-16,21H2,1H3. The fraction of sp³-hybridized carbons (Fsp3) is 0.471. The number of alkyl halides is 6. The third kappa shape index (κ3) is 7.14. The summed E-state index contributed by atoms with van der Waals surface area (Å²) in [4.78, 5) is 25.1. The number of anilines is 1. The van der Waals surface area contributed by atoms with Crippen LogP contribution in [-0.4, -0.2) is 73.2 Å². The number of piperidine rings is 1. The molecule has 47 heavy (non-hydrogen) atoms. The van der Waals surface area contributed by atoms with Crippen molar-refractivity contribution in [3.8, 4) is 22.8 Å². The minimum atomic E-state index is -5.00. The van der Waals surface area contributed by atoms with E-state index in [0.29, 0.717) is 47.3 Å². The molecule has 1 amide bonds. The Hall–Kier alpha value is -4.00. The Morgan fingerprint density at radius 3 is 2.15 bits per heavy atom. The van der Waals surface area contributed by atoms with Crippen molar-refractivity contribution in [3.63, 3.8) is 0 Å². The number of aromatic nitrogens is 1. The van der Waals surface area contributed by atoms with Gasteiger partial charge in [0.2, 0.25) is 5.88 Å². The number of rotatable bonds is 6. The van der Waals surface area contributed by atoms with Gasteiger partial charge in [-0.1, -0.05) is 18.2 Å². The number of methoxy groups -OCH3 is 1. The van der Waals surface area contributed by atoms with Gasteiger partial charge in [-0.3, -0.25) is 4.79 Å². The van der Waals surface area contributed by atoms with Crippen molar-refractivity contribution in [2.24, 2.45) is 0 Å². The van der Waals surface area contributed by atoms with E-state index < -0.39 is 35.9 Å². The van der Waals surface area contributed by atoms with Crippen LogP contribution in [0.15, 0.2) is 48.5 Å². The summed E-state index contributed by atoms with van der Waals surface area (Å²) >= 11 is 0. The zero-order valence-corrected chi connectivity index (χ0v) is 26.0. The first-order valence-corrected chi connectivity index (χ1v) is 15.8. The molecule has 0 atom stereocenters. The van der Waals surface area contributed by atoms with Crippen molar-refractivity contribution in [3.05, 3.63) is 70.8 Å². The molecular weight excluding hydrogens is 626 g/mol. The quantitative estimate of drug-likeness (QED) is 0.259. The Morgan fingerprint density at radius 1 is 0.851 bits per heavy atom. The van der Waals surface area contributed by atoms with Crippen molar-refractivity contribution >= 4 is 11.7 Å². The molecular formula is C34H36F6N4O3. The molecule has 0 N–H and O–H groups in total. The SMILES string of the molecule is COc1ccccc1-c1cc(N2CCC(N3CCCC3)CC2)nc2c1C(=O)N(Cc1cc(C(F)(F)F)cc(C(F)(F)F)c1)CCCO2. The normalized spacial score (nSPS) is 18.5. The lowest BCUT2D eigenvalue weighted by atomic mass is 9.97. The molecule has 3 aromatic rings. The van der Waals surface area contributed by atoms with Crippen molar-refractivity contribution in [1.29, 1.82) is 0 Å². The second-order valence-corrected chi connectivity index (χ2v) is 12.2. The molecule has 2 saturated heterocycles. The second kappa shape index (κ2) is 13.2. The number of fused-ring (bicyclic) bond motifs is 1. The third-order valence-electron chi connectivity index (χ3n) is 9.15. The molecule has 1 aromatic heterocycles. The molecule has 0 bridgehead atoms. The Morgan fingerprint density at radius 2 is 1.51 bits per heavy atom. The number of benzene rings is 2. The zero-order valence-electron chi connectivity index (χ0n) is 26.0. The molecule has 7 nitrogen and oxygen atoms in total. The highest BCUT2D eigenvalue weighted by atomic mass is 19.4. The lowest BCUT2D eigenvalue weighted by Crippen LogP contribution is -2.44. The second-order valence-electron chi connectivity index (χ2n) is 12.2. The van der Waals surface area contributed by atoms with Crippen LogP contribution in [0.1, 0.15) is 59.2 Å². The van der Waals surface area contributed by atoms with Gasteiger partial charge in [0.1, 0.15) is 17.1 Å². The summed E-state index contributed by atoms with van der Waals surface area (Å²) in [5.74, 6) is 0.559. The summed E-state index contributed by atoms with van der Waals surface area (Å²) < 4.78 is 93.4. The third-order valence-corrected chi connectivity index (χ3v) is 9.15. The summed E-state index contributed by atoms with van der Waals surface area (Å²) in [6.07, 6.45) is -5.34. The van der Waals surface area contributed by atoms with E-state index in [-0.39, 0.29) is 36.2 Å². The molecule has 0 unspecified atom stereocenters. The maximum atomic E-state index is 14.3. The Bertz CT molecular complexity index is 1570. The van der Waals surface area contributed by atoms with Crippen LogP contribution < -0.4 is 14.4 Å². The predicted octanol–water partition coefficient (Wildman–Crippen LogP) is 7.28. The number of carbonyl (C=O) groups excluding carboxylic acids is 1. The van der Waals surface area contributed by atoms with E-state index in [1.54, 1.807) is 30.3 Å². The first-order chi connectivity index (χ1) is 22.4. The summed E-state index contributed by atoms with van der Waals surface area (Å²) in [7, 11) is 1.50. The van der Waals surface area contributed by atoms with Gasteiger partial charge in [-0.05, 0) is 81.1 Å². The number of amides is 1. The van der Waals surface area contributed by atoms with Crippen molar-refractivity contribution in [2.75, 3.05) is 51.3 Å². The Labute approximate surface area is 269 Å². The summed E-state index contributed by atoms with van der Waals surface area (Å²) in [6, 6.07) is 10.8. The van der Waals surface area contributed by atoms with Crippen LogP contribution in [0.4, 0.5) is 32.2 Å². The van der Waals surface area contributed by atoms with Crippen LogP contribution in [0, 0.1) is 0 Å². The molecule has 0 aliphatic carbocycles. The number of pyridine rings is 1.